The smallest absolute Gasteiger partial charge is 0.272 e. The van der Waals surface area contributed by atoms with E-state index in [-0.39, 0.29) is 22.4 Å². The Morgan fingerprint density at radius 1 is 1.23 bits per heavy atom. The number of hydrazone groups is 1. The summed E-state index contributed by atoms with van der Waals surface area (Å²) < 4.78 is 1.53. The van der Waals surface area contributed by atoms with E-state index < -0.39 is 4.92 Å². The van der Waals surface area contributed by atoms with Gasteiger partial charge >= 0.3 is 0 Å². The minimum Gasteiger partial charge on any atom is -0.272 e. The van der Waals surface area contributed by atoms with E-state index in [0.29, 0.717) is 9.90 Å². The maximum atomic E-state index is 12.0. The Bertz CT molecular complexity index is 1110. The van der Waals surface area contributed by atoms with E-state index in [2.05, 4.69) is 51.9 Å². The molecular weight excluding hydrogens is 478 g/mol. The normalized spacial score (nSPS) is 11.0. The Balaban J connectivity index is 1.43. The number of nitro groups is 1. The molecule has 0 aliphatic carbocycles. The molecule has 2 aromatic carbocycles. The zero-order chi connectivity index (χ0) is 22.2. The quantitative estimate of drug-likeness (QED) is 0.194. The standard InChI is InChI=1S/C19H16ClN5O3S3/c1-12-2-4-13(5-3-12)10-29-18-23-24-19(31-18)30-11-17(26)22-21-9-14-6-7-15(20)16(8-14)25(27)28/h2-9H,10-11H2,1H3,(H,22,26)/b21-9-. The topological polar surface area (TPSA) is 110 Å². The number of benzene rings is 2. The maximum Gasteiger partial charge on any atom is 0.288 e. The molecule has 0 aliphatic heterocycles. The van der Waals surface area contributed by atoms with Gasteiger partial charge in [-0.1, -0.05) is 82.4 Å². The van der Waals surface area contributed by atoms with Crippen molar-refractivity contribution >= 4 is 64.3 Å². The molecule has 0 bridgehead atoms. The summed E-state index contributed by atoms with van der Waals surface area (Å²) >= 11 is 10.1. The molecule has 0 fully saturated rings. The van der Waals surface area contributed by atoms with Crippen LogP contribution in [0, 0.1) is 17.0 Å². The van der Waals surface area contributed by atoms with Gasteiger partial charge in [0.05, 0.1) is 16.9 Å². The maximum absolute atomic E-state index is 12.0. The van der Waals surface area contributed by atoms with Crippen molar-refractivity contribution in [2.45, 2.75) is 21.4 Å². The van der Waals surface area contributed by atoms with Gasteiger partial charge in [-0.05, 0) is 18.6 Å². The summed E-state index contributed by atoms with van der Waals surface area (Å²) in [5.41, 5.74) is 5.04. The van der Waals surface area contributed by atoms with Crippen LogP contribution in [0.3, 0.4) is 0 Å². The third-order valence-corrected chi connectivity index (χ3v) is 7.35. The third kappa shape index (κ3) is 7.31. The van der Waals surface area contributed by atoms with Crippen molar-refractivity contribution in [2.24, 2.45) is 5.10 Å². The molecule has 160 valence electrons. The van der Waals surface area contributed by atoms with Crippen LogP contribution >= 0.6 is 46.5 Å². The Morgan fingerprint density at radius 2 is 1.94 bits per heavy atom. The Hall–Kier alpha value is -2.47. The zero-order valence-corrected chi connectivity index (χ0v) is 19.4. The van der Waals surface area contributed by atoms with Crippen molar-refractivity contribution < 1.29 is 9.72 Å². The van der Waals surface area contributed by atoms with Crippen molar-refractivity contribution in [3.8, 4) is 0 Å². The lowest BCUT2D eigenvalue weighted by molar-refractivity contribution is -0.384. The summed E-state index contributed by atoms with van der Waals surface area (Å²) in [4.78, 5) is 22.3. The number of aryl methyl sites for hydroxylation is 1. The number of nitro benzene ring substituents is 1. The molecule has 0 radical (unpaired) electrons. The number of carbonyl (C=O) groups excluding carboxylic acids is 1. The van der Waals surface area contributed by atoms with Crippen LogP contribution in [0.25, 0.3) is 0 Å². The Kier molecular flexibility index (Phi) is 8.41. The molecule has 1 heterocycles. The minimum absolute atomic E-state index is 0.0380. The predicted molar refractivity (Wildman–Crippen MR) is 125 cm³/mol. The summed E-state index contributed by atoms with van der Waals surface area (Å²) in [7, 11) is 0. The molecular formula is C19H16ClN5O3S3. The first-order valence-corrected chi connectivity index (χ1v) is 12.0. The van der Waals surface area contributed by atoms with Crippen LogP contribution in [0.2, 0.25) is 5.02 Å². The lowest BCUT2D eigenvalue weighted by Gasteiger charge is -1.99. The van der Waals surface area contributed by atoms with E-state index in [4.69, 9.17) is 11.6 Å². The number of carbonyl (C=O) groups is 1. The molecule has 1 amide bonds. The van der Waals surface area contributed by atoms with Crippen LogP contribution in [0.15, 0.2) is 56.2 Å². The van der Waals surface area contributed by atoms with Gasteiger partial charge in [-0.2, -0.15) is 5.10 Å². The van der Waals surface area contributed by atoms with Gasteiger partial charge in [-0.25, -0.2) is 5.43 Å². The monoisotopic (exact) mass is 493 g/mol. The molecule has 0 saturated heterocycles. The predicted octanol–water partition coefficient (Wildman–Crippen LogP) is 4.94. The van der Waals surface area contributed by atoms with Gasteiger partial charge < -0.3 is 0 Å². The number of thioether (sulfide) groups is 2. The summed E-state index contributed by atoms with van der Waals surface area (Å²) in [6.45, 7) is 2.05. The molecule has 1 aromatic heterocycles. The molecule has 31 heavy (non-hydrogen) atoms. The summed E-state index contributed by atoms with van der Waals surface area (Å²) in [6.07, 6.45) is 1.32. The van der Waals surface area contributed by atoms with Crippen molar-refractivity contribution in [3.63, 3.8) is 0 Å². The second kappa shape index (κ2) is 11.2. The first kappa shape index (κ1) is 23.2. The number of aromatic nitrogens is 2. The van der Waals surface area contributed by atoms with Gasteiger partial charge in [-0.3, -0.25) is 14.9 Å². The van der Waals surface area contributed by atoms with Crippen molar-refractivity contribution in [3.05, 3.63) is 74.3 Å². The molecule has 8 nitrogen and oxygen atoms in total. The van der Waals surface area contributed by atoms with Crippen molar-refractivity contribution in [1.82, 2.24) is 15.6 Å². The SMILES string of the molecule is Cc1ccc(CSc2nnc(SCC(=O)N/N=C\c3ccc(Cl)c([N+](=O)[O-])c3)s2)cc1. The average Bonchev–Trinajstić information content (AvgIpc) is 3.21. The van der Waals surface area contributed by atoms with Gasteiger partial charge in [0.15, 0.2) is 8.68 Å². The second-order valence-electron chi connectivity index (χ2n) is 6.16. The van der Waals surface area contributed by atoms with Crippen LogP contribution in [0.4, 0.5) is 5.69 Å². The van der Waals surface area contributed by atoms with Gasteiger partial charge in [0.2, 0.25) is 0 Å². The van der Waals surface area contributed by atoms with Gasteiger partial charge in [0.1, 0.15) is 5.02 Å². The van der Waals surface area contributed by atoms with Gasteiger partial charge in [0.25, 0.3) is 11.6 Å². The summed E-state index contributed by atoms with van der Waals surface area (Å²) in [5.74, 6) is 0.598. The number of nitrogens with zero attached hydrogens (tertiary/aromatic N) is 4. The van der Waals surface area contributed by atoms with Crippen molar-refractivity contribution in [2.75, 3.05) is 5.75 Å². The fraction of sp³-hybridized carbons (Fsp3) is 0.158. The highest BCUT2D eigenvalue weighted by Gasteiger charge is 2.12. The molecule has 0 aliphatic rings. The van der Waals surface area contributed by atoms with Crippen LogP contribution in [0.5, 0.6) is 0 Å². The van der Waals surface area contributed by atoms with Gasteiger partial charge in [-0.15, -0.1) is 10.2 Å². The van der Waals surface area contributed by atoms with E-state index in [0.717, 1.165) is 10.1 Å². The first-order chi connectivity index (χ1) is 14.9. The highest BCUT2D eigenvalue weighted by molar-refractivity contribution is 8.03. The number of amides is 1. The Morgan fingerprint density at radius 3 is 2.65 bits per heavy atom. The minimum atomic E-state index is -0.579. The number of rotatable bonds is 9. The number of hydrogen-bond acceptors (Lipinski definition) is 9. The molecule has 3 rings (SSSR count). The Labute approximate surface area is 195 Å². The van der Waals surface area contributed by atoms with Crippen LogP contribution in [-0.2, 0) is 10.5 Å². The molecule has 0 spiro atoms. The van der Waals surface area contributed by atoms with Crippen LogP contribution < -0.4 is 5.43 Å². The van der Waals surface area contributed by atoms with E-state index in [1.165, 1.54) is 52.6 Å². The number of nitrogens with one attached hydrogen (secondary N) is 1. The van der Waals surface area contributed by atoms with E-state index >= 15 is 0 Å². The highest BCUT2D eigenvalue weighted by atomic mass is 35.5. The summed E-state index contributed by atoms with van der Waals surface area (Å²) in [6, 6.07) is 12.6. The average molecular weight is 494 g/mol. The third-order valence-electron chi connectivity index (χ3n) is 3.77. The molecule has 0 unspecified atom stereocenters. The number of hydrogen-bond donors (Lipinski definition) is 1. The highest BCUT2D eigenvalue weighted by Crippen LogP contribution is 2.30. The summed E-state index contributed by atoms with van der Waals surface area (Å²) in [5, 5.41) is 23.0. The van der Waals surface area contributed by atoms with Crippen LogP contribution in [-0.4, -0.2) is 33.0 Å². The fourth-order valence-electron chi connectivity index (χ4n) is 2.23. The molecule has 0 saturated carbocycles. The van der Waals surface area contributed by atoms with E-state index in [1.807, 2.05) is 0 Å². The lowest BCUT2D eigenvalue weighted by atomic mass is 10.2. The molecule has 1 N–H and O–H groups in total. The van der Waals surface area contributed by atoms with Crippen LogP contribution in [0.1, 0.15) is 16.7 Å². The molecule has 12 heteroatoms. The van der Waals surface area contributed by atoms with E-state index in [1.54, 1.807) is 17.8 Å². The lowest BCUT2D eigenvalue weighted by Crippen LogP contribution is -2.19. The van der Waals surface area contributed by atoms with Gasteiger partial charge in [0, 0.05) is 17.4 Å². The number of halogens is 1. The van der Waals surface area contributed by atoms with E-state index in [9.17, 15) is 14.9 Å². The largest absolute Gasteiger partial charge is 0.288 e. The van der Waals surface area contributed by atoms with Crippen molar-refractivity contribution in [1.29, 1.82) is 0 Å². The first-order valence-electron chi connectivity index (χ1n) is 8.81. The molecule has 0 atom stereocenters. The zero-order valence-electron chi connectivity index (χ0n) is 16.1. The second-order valence-corrected chi connectivity index (χ2v) is 9.99. The fourth-order valence-corrected chi connectivity index (χ4v) is 5.19. The molecule has 3 aromatic rings.